The Kier molecular flexibility index (Phi) is 6.01. The first-order chi connectivity index (χ1) is 9.44. The molecule has 4 N–H and O–H groups in total. The summed E-state index contributed by atoms with van der Waals surface area (Å²) in [7, 11) is -8.73. The van der Waals surface area contributed by atoms with E-state index in [9.17, 15) is 27.0 Å². The number of aliphatic hydroxyl groups excluding tert-OH is 2. The normalized spacial score (nSPS) is 34.8. The quantitative estimate of drug-likeness (QED) is 0.357. The van der Waals surface area contributed by atoms with Gasteiger partial charge in [-0.1, -0.05) is 0 Å². The Morgan fingerprint density at radius 3 is 2.05 bits per heavy atom. The minimum atomic E-state index is -5.00. The van der Waals surface area contributed by atoms with Crippen LogP contribution in [0.4, 0.5) is 0 Å². The highest BCUT2D eigenvalue weighted by Gasteiger charge is 2.48. The molecule has 1 rings (SSSR count). The molecule has 0 aliphatic carbocycles. The molecule has 0 bridgehead atoms. The maximum absolute atomic E-state index is 10.6. The largest absolute Gasteiger partial charge is 0.397 e. The molecule has 1 saturated heterocycles. The summed E-state index contributed by atoms with van der Waals surface area (Å²) >= 11 is 0. The molecule has 1 fully saturated rings. The van der Waals surface area contributed by atoms with E-state index in [1.54, 1.807) is 0 Å². The summed E-state index contributed by atoms with van der Waals surface area (Å²) in [4.78, 5) is 0. The van der Waals surface area contributed by atoms with Gasteiger partial charge in [0, 0.05) is 7.11 Å². The summed E-state index contributed by atoms with van der Waals surface area (Å²) < 4.78 is 76.7. The third-order valence-corrected chi connectivity index (χ3v) is 3.42. The van der Waals surface area contributed by atoms with E-state index in [2.05, 4.69) is 8.37 Å². The lowest BCUT2D eigenvalue weighted by atomic mass is 9.99. The lowest BCUT2D eigenvalue weighted by Crippen LogP contribution is -2.60. The van der Waals surface area contributed by atoms with E-state index >= 15 is 0 Å². The van der Waals surface area contributed by atoms with Crippen LogP contribution in [0.5, 0.6) is 0 Å². The van der Waals surface area contributed by atoms with E-state index in [4.69, 9.17) is 18.6 Å². The number of methoxy groups -OCH3 is 1. The zero-order chi connectivity index (χ0) is 16.4. The minimum absolute atomic E-state index is 0.829. The van der Waals surface area contributed by atoms with Crippen molar-refractivity contribution in [2.24, 2.45) is 0 Å². The predicted molar refractivity (Wildman–Crippen MR) is 61.6 cm³/mol. The Morgan fingerprint density at radius 1 is 1.05 bits per heavy atom. The van der Waals surface area contributed by atoms with Crippen LogP contribution in [0.3, 0.4) is 0 Å². The van der Waals surface area contributed by atoms with Gasteiger partial charge in [0.2, 0.25) is 0 Å². The zero-order valence-electron chi connectivity index (χ0n) is 10.5. The SMILES string of the molecule is CO[C@@H]1[C@H](O)[C@@H](OS(=O)(=O)O)[C@@H](O)O[C@@H]1COS(=O)(=O)O. The molecule has 12 nitrogen and oxygen atoms in total. The van der Waals surface area contributed by atoms with Crippen molar-refractivity contribution in [3.63, 3.8) is 0 Å². The van der Waals surface area contributed by atoms with Gasteiger partial charge in [-0.05, 0) is 0 Å². The highest BCUT2D eigenvalue weighted by atomic mass is 32.3. The van der Waals surface area contributed by atoms with Crippen molar-refractivity contribution in [3.8, 4) is 0 Å². The van der Waals surface area contributed by atoms with Gasteiger partial charge in [-0.3, -0.25) is 9.11 Å². The van der Waals surface area contributed by atoms with Gasteiger partial charge in [-0.25, -0.2) is 8.37 Å². The first-order valence-electron chi connectivity index (χ1n) is 5.26. The molecule has 126 valence electrons. The minimum Gasteiger partial charge on any atom is -0.387 e. The topological polar surface area (TPSA) is 186 Å². The molecule has 0 unspecified atom stereocenters. The van der Waals surface area contributed by atoms with Crippen LogP contribution >= 0.6 is 0 Å². The molecule has 0 aromatic rings. The van der Waals surface area contributed by atoms with Gasteiger partial charge in [-0.15, -0.1) is 0 Å². The monoisotopic (exact) mass is 354 g/mol. The molecule has 0 aromatic carbocycles. The fraction of sp³-hybridized carbons (Fsp3) is 1.00. The highest BCUT2D eigenvalue weighted by molar-refractivity contribution is 7.81. The van der Waals surface area contributed by atoms with Crippen LogP contribution in [-0.4, -0.2) is 80.6 Å². The Morgan fingerprint density at radius 2 is 1.62 bits per heavy atom. The van der Waals surface area contributed by atoms with Gasteiger partial charge in [0.05, 0.1) is 6.61 Å². The summed E-state index contributed by atoms with van der Waals surface area (Å²) in [5.74, 6) is 0. The average Bonchev–Trinajstić information content (AvgIpc) is 2.29. The maximum atomic E-state index is 10.6. The van der Waals surface area contributed by atoms with Crippen molar-refractivity contribution < 1.29 is 54.0 Å². The van der Waals surface area contributed by atoms with Crippen LogP contribution in [0, 0.1) is 0 Å². The second-order valence-corrected chi connectivity index (χ2v) is 6.10. The predicted octanol–water partition coefficient (Wildman–Crippen LogP) is -2.91. The van der Waals surface area contributed by atoms with E-state index in [0.717, 1.165) is 7.11 Å². The maximum Gasteiger partial charge on any atom is 0.397 e. The van der Waals surface area contributed by atoms with Crippen LogP contribution in [0.25, 0.3) is 0 Å². The fourth-order valence-corrected chi connectivity index (χ4v) is 2.53. The molecule has 1 aliphatic heterocycles. The molecular weight excluding hydrogens is 340 g/mol. The van der Waals surface area contributed by atoms with Crippen LogP contribution in [0.2, 0.25) is 0 Å². The van der Waals surface area contributed by atoms with Crippen molar-refractivity contribution in [2.45, 2.75) is 30.7 Å². The molecule has 5 atom stereocenters. The van der Waals surface area contributed by atoms with Crippen molar-refractivity contribution >= 4 is 20.8 Å². The third kappa shape index (κ3) is 5.70. The number of rotatable bonds is 6. The van der Waals surface area contributed by atoms with Gasteiger partial charge in [0.25, 0.3) is 0 Å². The standard InChI is InChI=1S/C7H14O12S2/c1-16-5-3(2-17-20(10,11)12)18-7(9)6(4(5)8)19-21(13,14)15/h3-9H,2H2,1H3,(H,10,11,12)(H,13,14,15)/t3-,4+,5+,6-,7+/m1/s1. The van der Waals surface area contributed by atoms with Gasteiger partial charge >= 0.3 is 20.8 Å². The molecule has 0 saturated carbocycles. The van der Waals surface area contributed by atoms with Crippen LogP contribution in [0.15, 0.2) is 0 Å². The molecule has 14 heteroatoms. The summed E-state index contributed by atoms with van der Waals surface area (Å²) in [6.07, 6.45) is -8.50. The van der Waals surface area contributed by atoms with E-state index in [-0.39, 0.29) is 0 Å². The Bertz CT molecular complexity index is 538. The molecule has 0 spiro atoms. The average molecular weight is 354 g/mol. The molecule has 1 heterocycles. The Hall–Kier alpha value is -0.420. The smallest absolute Gasteiger partial charge is 0.387 e. The molecule has 21 heavy (non-hydrogen) atoms. The van der Waals surface area contributed by atoms with E-state index in [1.165, 1.54) is 0 Å². The number of ether oxygens (including phenoxy) is 2. The number of hydrogen-bond donors (Lipinski definition) is 4. The summed E-state index contributed by atoms with van der Waals surface area (Å²) in [6, 6.07) is 0. The fourth-order valence-electron chi connectivity index (χ4n) is 1.73. The molecule has 0 amide bonds. The summed E-state index contributed by atoms with van der Waals surface area (Å²) in [5, 5.41) is 19.3. The number of aliphatic hydroxyl groups is 2. The van der Waals surface area contributed by atoms with Crippen LogP contribution in [0.1, 0.15) is 0 Å². The van der Waals surface area contributed by atoms with Crippen LogP contribution < -0.4 is 0 Å². The van der Waals surface area contributed by atoms with Crippen molar-refractivity contribution in [1.82, 2.24) is 0 Å². The second-order valence-electron chi connectivity index (χ2n) is 3.96. The lowest BCUT2D eigenvalue weighted by molar-refractivity contribution is -0.283. The lowest BCUT2D eigenvalue weighted by Gasteiger charge is -2.40. The molecule has 0 aromatic heterocycles. The first kappa shape index (κ1) is 18.6. The number of hydrogen-bond acceptors (Lipinski definition) is 10. The highest BCUT2D eigenvalue weighted by Crippen LogP contribution is 2.25. The van der Waals surface area contributed by atoms with Gasteiger partial charge in [0.15, 0.2) is 12.4 Å². The first-order valence-corrected chi connectivity index (χ1v) is 7.99. The Balaban J connectivity index is 2.85. The molecular formula is C7H14O12S2. The molecule has 1 aliphatic rings. The summed E-state index contributed by atoms with van der Waals surface area (Å²) in [6.45, 7) is -0.829. The van der Waals surface area contributed by atoms with Gasteiger partial charge in [0.1, 0.15) is 18.3 Å². The van der Waals surface area contributed by atoms with Crippen molar-refractivity contribution in [3.05, 3.63) is 0 Å². The second kappa shape index (κ2) is 6.78. The Labute approximate surface area is 120 Å². The zero-order valence-corrected chi connectivity index (χ0v) is 12.1. The van der Waals surface area contributed by atoms with Gasteiger partial charge in [-0.2, -0.15) is 16.8 Å². The van der Waals surface area contributed by atoms with Crippen LogP contribution in [-0.2, 0) is 38.6 Å². The van der Waals surface area contributed by atoms with E-state index in [1.807, 2.05) is 0 Å². The van der Waals surface area contributed by atoms with E-state index < -0.39 is 58.1 Å². The van der Waals surface area contributed by atoms with Crippen molar-refractivity contribution in [1.29, 1.82) is 0 Å². The van der Waals surface area contributed by atoms with E-state index in [0.29, 0.717) is 0 Å². The molecule has 0 radical (unpaired) electrons. The van der Waals surface area contributed by atoms with Gasteiger partial charge < -0.3 is 19.7 Å². The van der Waals surface area contributed by atoms with Crippen molar-refractivity contribution in [2.75, 3.05) is 13.7 Å². The third-order valence-electron chi connectivity index (χ3n) is 2.52. The summed E-state index contributed by atoms with van der Waals surface area (Å²) in [5.41, 5.74) is 0.